The van der Waals surface area contributed by atoms with Crippen LogP contribution in [0.4, 0.5) is 20.2 Å². The molecule has 2 N–H and O–H groups in total. The van der Waals surface area contributed by atoms with Gasteiger partial charge in [-0.1, -0.05) is 29.0 Å². The first-order valence-corrected chi connectivity index (χ1v) is 16.5. The summed E-state index contributed by atoms with van der Waals surface area (Å²) in [4.78, 5) is 28.9. The van der Waals surface area contributed by atoms with Crippen LogP contribution in [0.3, 0.4) is 0 Å². The molecule has 2 heterocycles. The molecule has 42 heavy (non-hydrogen) atoms. The number of carbonyl (C=O) groups is 2. The van der Waals surface area contributed by atoms with Crippen LogP contribution in [0.5, 0.6) is 0 Å². The van der Waals surface area contributed by atoms with E-state index in [9.17, 15) is 18.4 Å². The molecule has 2 amide bonds. The SMILES string of the molecule is CI.Cc1cc(F)cc(C)c1NC(=O)C1CCCCN1C.Cc1cc(F)cc(C)c1NC(=O)C1CCCC[N+]1(C)C.I. The minimum atomic E-state index is -0.261. The fourth-order valence-corrected chi connectivity index (χ4v) is 5.85. The first kappa shape index (κ1) is 38.6. The maximum absolute atomic E-state index is 13.3. The van der Waals surface area contributed by atoms with E-state index in [0.717, 1.165) is 83.3 Å². The molecule has 2 atom stereocenters. The standard InChI is InChI=1S/C16H23FN2O.C15H21FN2O.CH3I.HI/c1-11-9-13(17)10-12(2)15(11)18-16(20)14-7-5-6-8-19(14,3)4;1-10-8-12(16)9-11(2)14(10)17-15(19)13-6-4-5-7-18(13)3;1-2;/h9-10,14H,5-8H2,1-4H3;8-9,13H,4-7H2,1-3H3,(H,17,19);1H3;1H/p+1. The molecule has 0 aromatic heterocycles. The lowest BCUT2D eigenvalue weighted by Gasteiger charge is -2.40. The lowest BCUT2D eigenvalue weighted by molar-refractivity contribution is -0.910. The maximum atomic E-state index is 13.3. The Balaban J connectivity index is 0.000000388. The van der Waals surface area contributed by atoms with Gasteiger partial charge < -0.3 is 15.1 Å². The van der Waals surface area contributed by atoms with Gasteiger partial charge >= 0.3 is 0 Å². The molecule has 0 aliphatic carbocycles. The number of aryl methyl sites for hydroxylation is 4. The minimum absolute atomic E-state index is 0. The Hall–Kier alpha value is -1.38. The third kappa shape index (κ3) is 10.7. The summed E-state index contributed by atoms with van der Waals surface area (Å²) in [7, 11) is 6.19. The second-order valence-corrected chi connectivity index (χ2v) is 11.8. The van der Waals surface area contributed by atoms with Crippen LogP contribution < -0.4 is 10.6 Å². The van der Waals surface area contributed by atoms with Crippen molar-refractivity contribution >= 4 is 69.8 Å². The molecule has 2 saturated heterocycles. The van der Waals surface area contributed by atoms with Gasteiger partial charge in [0.25, 0.3) is 5.91 Å². The Morgan fingerprint density at radius 1 is 0.786 bits per heavy atom. The Bertz CT molecular complexity index is 1160. The summed E-state index contributed by atoms with van der Waals surface area (Å²) >= 11 is 2.15. The number of hydrogen-bond donors (Lipinski definition) is 2. The van der Waals surface area contributed by atoms with Crippen molar-refractivity contribution in [3.63, 3.8) is 0 Å². The number of piperidine rings is 2. The molecule has 2 aromatic carbocycles. The largest absolute Gasteiger partial charge is 0.324 e. The average molecular weight is 814 g/mol. The van der Waals surface area contributed by atoms with Crippen molar-refractivity contribution in [1.82, 2.24) is 4.90 Å². The molecule has 6 nitrogen and oxygen atoms in total. The molecule has 2 aromatic rings. The molecule has 236 valence electrons. The molecular weight excluding hydrogens is 764 g/mol. The van der Waals surface area contributed by atoms with Crippen molar-refractivity contribution in [2.45, 2.75) is 78.3 Å². The molecule has 10 heteroatoms. The average Bonchev–Trinajstić information content (AvgIpc) is 2.89. The molecular formula is C32H49F2I2N4O2+. The first-order valence-electron chi connectivity index (χ1n) is 14.4. The van der Waals surface area contributed by atoms with Crippen molar-refractivity contribution in [1.29, 1.82) is 0 Å². The van der Waals surface area contributed by atoms with E-state index in [0.29, 0.717) is 0 Å². The number of rotatable bonds is 4. The van der Waals surface area contributed by atoms with E-state index in [1.54, 1.807) is 0 Å². The van der Waals surface area contributed by atoms with Crippen molar-refractivity contribution < 1.29 is 22.9 Å². The molecule has 2 aliphatic rings. The zero-order chi connectivity index (χ0) is 30.9. The molecule has 2 fully saturated rings. The number of quaternary nitrogens is 1. The highest BCUT2D eigenvalue weighted by molar-refractivity contribution is 14.1. The normalized spacial score (nSPS) is 19.6. The van der Waals surface area contributed by atoms with Gasteiger partial charge in [0, 0.05) is 17.8 Å². The van der Waals surface area contributed by atoms with Gasteiger partial charge in [-0.05, 0) is 118 Å². The summed E-state index contributed by atoms with van der Waals surface area (Å²) in [6, 6.07) is 5.73. The summed E-state index contributed by atoms with van der Waals surface area (Å²) in [5, 5.41) is 5.97. The van der Waals surface area contributed by atoms with Gasteiger partial charge in [0.15, 0.2) is 6.04 Å². The van der Waals surface area contributed by atoms with Crippen LogP contribution in [-0.4, -0.2) is 72.4 Å². The van der Waals surface area contributed by atoms with Gasteiger partial charge in [-0.2, -0.15) is 0 Å². The molecule has 0 spiro atoms. The Morgan fingerprint density at radius 3 is 1.64 bits per heavy atom. The quantitative estimate of drug-likeness (QED) is 0.191. The number of amides is 2. The third-order valence-corrected chi connectivity index (χ3v) is 8.17. The molecule has 2 aliphatic heterocycles. The highest BCUT2D eigenvalue weighted by Crippen LogP contribution is 2.26. The summed E-state index contributed by atoms with van der Waals surface area (Å²) in [6.07, 6.45) is 6.31. The second kappa shape index (κ2) is 17.8. The number of nitrogens with zero attached hydrogens (tertiary/aromatic N) is 2. The number of carbonyl (C=O) groups excluding carboxylic acids is 2. The number of nitrogens with one attached hydrogen (secondary N) is 2. The van der Waals surface area contributed by atoms with Crippen LogP contribution >= 0.6 is 46.6 Å². The Labute approximate surface area is 282 Å². The topological polar surface area (TPSA) is 61.4 Å². The second-order valence-electron chi connectivity index (χ2n) is 11.8. The van der Waals surface area contributed by atoms with E-state index in [1.165, 1.54) is 30.7 Å². The molecule has 0 radical (unpaired) electrons. The number of benzene rings is 2. The van der Waals surface area contributed by atoms with E-state index in [2.05, 4.69) is 52.2 Å². The Morgan fingerprint density at radius 2 is 1.21 bits per heavy atom. The zero-order valence-electron chi connectivity index (χ0n) is 26.4. The lowest BCUT2D eigenvalue weighted by Crippen LogP contribution is -2.57. The van der Waals surface area contributed by atoms with E-state index < -0.39 is 0 Å². The third-order valence-electron chi connectivity index (χ3n) is 8.17. The highest BCUT2D eigenvalue weighted by atomic mass is 127. The minimum Gasteiger partial charge on any atom is -0.324 e. The van der Waals surface area contributed by atoms with Gasteiger partial charge in [0.05, 0.1) is 26.7 Å². The van der Waals surface area contributed by atoms with Crippen LogP contribution in [0.25, 0.3) is 0 Å². The molecule has 2 unspecified atom stereocenters. The predicted molar refractivity (Wildman–Crippen MR) is 189 cm³/mol. The Kier molecular flexibility index (Phi) is 16.4. The number of anilines is 2. The monoisotopic (exact) mass is 813 g/mol. The van der Waals surface area contributed by atoms with Crippen molar-refractivity contribution in [3.8, 4) is 0 Å². The van der Waals surface area contributed by atoms with Crippen molar-refractivity contribution in [2.75, 3.05) is 49.8 Å². The summed E-state index contributed by atoms with van der Waals surface area (Å²) in [5.41, 5.74) is 4.58. The zero-order valence-corrected chi connectivity index (χ0v) is 30.9. The predicted octanol–water partition coefficient (Wildman–Crippen LogP) is 7.54. The van der Waals surface area contributed by atoms with Gasteiger partial charge in [0.2, 0.25) is 5.91 Å². The fourth-order valence-electron chi connectivity index (χ4n) is 5.85. The number of alkyl halides is 1. The number of likely N-dealkylation sites (tertiary alicyclic amines) is 2. The van der Waals surface area contributed by atoms with E-state index in [-0.39, 0.29) is 59.5 Å². The van der Waals surface area contributed by atoms with E-state index in [1.807, 2.05) is 39.7 Å². The van der Waals surface area contributed by atoms with Crippen LogP contribution in [0, 0.1) is 39.3 Å². The van der Waals surface area contributed by atoms with E-state index in [4.69, 9.17) is 0 Å². The molecule has 0 saturated carbocycles. The fraction of sp³-hybridized carbons (Fsp3) is 0.562. The van der Waals surface area contributed by atoms with E-state index >= 15 is 0 Å². The number of hydrogen-bond acceptors (Lipinski definition) is 3. The van der Waals surface area contributed by atoms with Gasteiger partial charge in [-0.15, -0.1) is 24.0 Å². The van der Waals surface area contributed by atoms with Crippen LogP contribution in [0.1, 0.15) is 60.8 Å². The van der Waals surface area contributed by atoms with Crippen LogP contribution in [0.15, 0.2) is 24.3 Å². The van der Waals surface area contributed by atoms with Crippen LogP contribution in [0.2, 0.25) is 0 Å². The van der Waals surface area contributed by atoms with Crippen LogP contribution in [-0.2, 0) is 9.59 Å². The highest BCUT2D eigenvalue weighted by Gasteiger charge is 2.37. The summed E-state index contributed by atoms with van der Waals surface area (Å²) < 4.78 is 27.3. The molecule has 4 rings (SSSR count). The van der Waals surface area contributed by atoms with Gasteiger partial charge in [-0.25, -0.2) is 8.78 Å². The number of likely N-dealkylation sites (N-methyl/N-ethyl adjacent to an activating group) is 2. The number of halogens is 4. The van der Waals surface area contributed by atoms with Crippen molar-refractivity contribution in [2.24, 2.45) is 0 Å². The maximum Gasteiger partial charge on any atom is 0.282 e. The van der Waals surface area contributed by atoms with Crippen molar-refractivity contribution in [3.05, 3.63) is 58.2 Å². The molecule has 0 bridgehead atoms. The van der Waals surface area contributed by atoms with Gasteiger partial charge in [-0.3, -0.25) is 14.5 Å². The summed E-state index contributed by atoms with van der Waals surface area (Å²) in [6.45, 7) is 9.27. The smallest absolute Gasteiger partial charge is 0.282 e. The first-order chi connectivity index (χ1) is 19.3. The summed E-state index contributed by atoms with van der Waals surface area (Å²) in [5.74, 6) is -0.456. The lowest BCUT2D eigenvalue weighted by atomic mass is 9.99. The van der Waals surface area contributed by atoms with Gasteiger partial charge in [0.1, 0.15) is 11.6 Å².